The number of rotatable bonds is 6. The fraction of sp³-hybridized carbons (Fsp3) is 0.828. The maximum absolute atomic E-state index is 13.0. The molecule has 1 N–H and O–H groups in total. The number of carbonyl (C=O) groups is 1. The number of Topliss-reactive ketones (excluding diaryl/α,β-unsaturated/α-hetero) is 1. The number of ketones is 1. The maximum Gasteiger partial charge on any atom is 0.140 e. The van der Waals surface area contributed by atoms with Crippen molar-refractivity contribution in [3.05, 3.63) is 23.3 Å². The van der Waals surface area contributed by atoms with Gasteiger partial charge >= 0.3 is 0 Å². The predicted molar refractivity (Wildman–Crippen MR) is 131 cm³/mol. The van der Waals surface area contributed by atoms with Crippen molar-refractivity contribution in [1.29, 1.82) is 0 Å². The minimum Gasteiger partial charge on any atom is -0.392 e. The van der Waals surface area contributed by atoms with Gasteiger partial charge < -0.3 is 19.3 Å². The van der Waals surface area contributed by atoms with Gasteiger partial charge in [-0.3, -0.25) is 4.79 Å². The number of hydrogen-bond donors (Lipinski definition) is 1. The molecule has 0 spiro atoms. The van der Waals surface area contributed by atoms with Gasteiger partial charge in [0.2, 0.25) is 0 Å². The lowest BCUT2D eigenvalue weighted by atomic mass is 9.32. The van der Waals surface area contributed by atoms with E-state index in [1.165, 1.54) is 11.1 Å². The summed E-state index contributed by atoms with van der Waals surface area (Å²) < 4.78 is 18.8. The summed E-state index contributed by atoms with van der Waals surface area (Å²) in [7, 11) is 0. The minimum atomic E-state index is -0.763. The van der Waals surface area contributed by atoms with E-state index in [4.69, 9.17) is 14.2 Å². The van der Waals surface area contributed by atoms with Crippen molar-refractivity contribution in [1.82, 2.24) is 0 Å². The van der Waals surface area contributed by atoms with Gasteiger partial charge in [-0.2, -0.15) is 0 Å². The molecular formula is C29H44O5. The Hall–Kier alpha value is -1.01. The van der Waals surface area contributed by atoms with Crippen molar-refractivity contribution >= 4 is 5.78 Å². The molecule has 5 rings (SSSR count). The first kappa shape index (κ1) is 24.7. The summed E-state index contributed by atoms with van der Waals surface area (Å²) >= 11 is 0. The number of hydrogen-bond acceptors (Lipinski definition) is 5. The molecule has 190 valence electrons. The van der Waals surface area contributed by atoms with E-state index in [0.29, 0.717) is 0 Å². The number of ether oxygens (including phenoxy) is 3. The van der Waals surface area contributed by atoms with E-state index < -0.39 is 23.0 Å². The van der Waals surface area contributed by atoms with Crippen molar-refractivity contribution in [2.24, 2.45) is 34.5 Å². The quantitative estimate of drug-likeness (QED) is 0.441. The summed E-state index contributed by atoms with van der Waals surface area (Å²) in [5.74, 6) is -0.260. The smallest absolute Gasteiger partial charge is 0.140 e. The number of carbonyl (C=O) groups excluding carboxylic acids is 1. The van der Waals surface area contributed by atoms with Gasteiger partial charge in [0.15, 0.2) is 0 Å². The molecule has 5 nitrogen and oxygen atoms in total. The van der Waals surface area contributed by atoms with Crippen molar-refractivity contribution < 1.29 is 24.1 Å². The third kappa shape index (κ3) is 2.79. The molecule has 2 aliphatic carbocycles. The van der Waals surface area contributed by atoms with E-state index in [2.05, 4.69) is 67.5 Å². The maximum atomic E-state index is 13.0. The van der Waals surface area contributed by atoms with Gasteiger partial charge in [0.25, 0.3) is 0 Å². The highest BCUT2D eigenvalue weighted by atomic mass is 16.7. The first-order chi connectivity index (χ1) is 15.5. The number of epoxide rings is 2. The molecule has 4 fully saturated rings. The fourth-order valence-corrected chi connectivity index (χ4v) is 9.49. The van der Waals surface area contributed by atoms with Gasteiger partial charge in [0, 0.05) is 23.2 Å². The van der Waals surface area contributed by atoms with Crippen LogP contribution in [0.25, 0.3) is 0 Å². The lowest BCUT2D eigenvalue weighted by Crippen LogP contribution is -2.72. The van der Waals surface area contributed by atoms with Crippen LogP contribution in [0.5, 0.6) is 0 Å². The molecule has 34 heavy (non-hydrogen) atoms. The fourth-order valence-electron chi connectivity index (χ4n) is 9.49. The zero-order chi connectivity index (χ0) is 25.4. The van der Waals surface area contributed by atoms with Crippen LogP contribution < -0.4 is 0 Å². The number of aliphatic hydroxyl groups excluding tert-OH is 1. The van der Waals surface area contributed by atoms with E-state index in [0.717, 1.165) is 0 Å². The first-order valence-corrected chi connectivity index (χ1v) is 13.1. The SMILES string of the molecule is CC1=CC2(C)C(C(C)=CC3(C)OC(C)C4(C)OC34)C(C)(C(O)C(C)C(=O)C(C)C)C2C2(C)OC12. The molecule has 3 saturated heterocycles. The molecule has 0 radical (unpaired) electrons. The third-order valence-electron chi connectivity index (χ3n) is 10.5. The average Bonchev–Trinajstić information content (AvgIpc) is 3.58. The van der Waals surface area contributed by atoms with E-state index >= 15 is 0 Å². The summed E-state index contributed by atoms with van der Waals surface area (Å²) in [6, 6.07) is 0. The van der Waals surface area contributed by atoms with Gasteiger partial charge in [-0.05, 0) is 58.4 Å². The molecule has 12 unspecified atom stereocenters. The molecule has 3 heterocycles. The van der Waals surface area contributed by atoms with Crippen LogP contribution in [0.15, 0.2) is 23.3 Å². The van der Waals surface area contributed by atoms with Gasteiger partial charge in [-0.15, -0.1) is 0 Å². The highest BCUT2D eigenvalue weighted by Crippen LogP contribution is 2.78. The Morgan fingerprint density at radius 2 is 1.68 bits per heavy atom. The van der Waals surface area contributed by atoms with Gasteiger partial charge in [-0.25, -0.2) is 0 Å². The predicted octanol–water partition coefficient (Wildman–Crippen LogP) is 4.87. The Balaban J connectivity index is 1.58. The van der Waals surface area contributed by atoms with Crippen LogP contribution in [-0.4, -0.2) is 52.1 Å². The molecule has 12 atom stereocenters. The standard InChI is InChI=1S/C29H44O5/c1-14(2)19(30)17(5)21(31)27(9)20(25(7)12-16(4)22-29(11,33-22)23(25)27)15(3)13-26(8)24-28(10,34-24)18(6)32-26/h12-14,17-18,20-24,31H,1-11H3. The third-order valence-corrected chi connectivity index (χ3v) is 10.5. The molecule has 0 aromatic carbocycles. The second-order valence-electron chi connectivity index (χ2n) is 13.5. The van der Waals surface area contributed by atoms with Crippen LogP contribution in [0.3, 0.4) is 0 Å². The Labute approximate surface area is 205 Å². The second-order valence-corrected chi connectivity index (χ2v) is 13.5. The van der Waals surface area contributed by atoms with Crippen molar-refractivity contribution in [2.45, 2.75) is 117 Å². The molecule has 0 amide bonds. The Bertz CT molecular complexity index is 998. The molecule has 0 bridgehead atoms. The van der Waals surface area contributed by atoms with Crippen LogP contribution in [-0.2, 0) is 19.0 Å². The summed E-state index contributed by atoms with van der Waals surface area (Å²) in [4.78, 5) is 13.0. The number of fused-ring (bicyclic) bond motifs is 4. The topological polar surface area (TPSA) is 71.6 Å². The lowest BCUT2D eigenvalue weighted by molar-refractivity contribution is -0.230. The van der Waals surface area contributed by atoms with E-state index in [1.54, 1.807) is 0 Å². The number of aliphatic hydroxyl groups is 1. The average molecular weight is 473 g/mol. The van der Waals surface area contributed by atoms with Gasteiger partial charge in [0.1, 0.15) is 34.8 Å². The van der Waals surface area contributed by atoms with Crippen molar-refractivity contribution in [3.8, 4) is 0 Å². The summed E-state index contributed by atoms with van der Waals surface area (Å²) in [5.41, 5.74) is 0.776. The highest BCUT2D eigenvalue weighted by Gasteiger charge is 2.81. The molecule has 5 aliphatic rings. The van der Waals surface area contributed by atoms with E-state index in [-0.39, 0.29) is 58.5 Å². The van der Waals surface area contributed by atoms with Crippen LogP contribution in [0, 0.1) is 34.5 Å². The Morgan fingerprint density at radius 3 is 2.18 bits per heavy atom. The zero-order valence-electron chi connectivity index (χ0n) is 22.9. The summed E-state index contributed by atoms with van der Waals surface area (Å²) in [6.07, 6.45) is 4.07. The molecular weight excluding hydrogens is 428 g/mol. The summed E-state index contributed by atoms with van der Waals surface area (Å²) in [6.45, 7) is 23.1. The second kappa shape index (κ2) is 6.85. The Morgan fingerprint density at radius 1 is 1.06 bits per heavy atom. The van der Waals surface area contributed by atoms with E-state index in [1.807, 2.05) is 20.8 Å². The lowest BCUT2D eigenvalue weighted by Gasteiger charge is -2.71. The molecule has 3 aliphatic heterocycles. The monoisotopic (exact) mass is 472 g/mol. The zero-order valence-corrected chi connectivity index (χ0v) is 22.9. The number of allylic oxidation sites excluding steroid dienone is 2. The van der Waals surface area contributed by atoms with Crippen LogP contribution in [0.1, 0.15) is 76.2 Å². The van der Waals surface area contributed by atoms with Crippen molar-refractivity contribution in [3.63, 3.8) is 0 Å². The van der Waals surface area contributed by atoms with Gasteiger partial charge in [-0.1, -0.05) is 52.3 Å². The van der Waals surface area contributed by atoms with E-state index in [9.17, 15) is 9.90 Å². The Kier molecular flexibility index (Phi) is 4.97. The van der Waals surface area contributed by atoms with Crippen LogP contribution in [0.2, 0.25) is 0 Å². The molecule has 0 aromatic rings. The normalized spacial score (nSPS) is 54.9. The first-order valence-electron chi connectivity index (χ1n) is 13.1. The van der Waals surface area contributed by atoms with Crippen molar-refractivity contribution in [2.75, 3.05) is 0 Å². The molecule has 0 aromatic heterocycles. The summed E-state index contributed by atoms with van der Waals surface area (Å²) in [5, 5.41) is 11.9. The van der Waals surface area contributed by atoms with Crippen LogP contribution in [0.4, 0.5) is 0 Å². The minimum absolute atomic E-state index is 0.0355. The van der Waals surface area contributed by atoms with Gasteiger partial charge in [0.05, 0.1) is 12.2 Å². The highest BCUT2D eigenvalue weighted by molar-refractivity contribution is 5.83. The molecule has 1 saturated carbocycles. The van der Waals surface area contributed by atoms with Crippen LogP contribution >= 0.6 is 0 Å². The molecule has 5 heteroatoms. The largest absolute Gasteiger partial charge is 0.392 e.